The number of amides is 1. The zero-order chi connectivity index (χ0) is 17.7. The second kappa shape index (κ2) is 8.30. The molecule has 0 aliphatic carbocycles. The van der Waals surface area contributed by atoms with E-state index in [0.717, 1.165) is 23.2 Å². The van der Waals surface area contributed by atoms with Crippen molar-refractivity contribution < 1.29 is 14.9 Å². The molecule has 1 amide bonds. The molecule has 1 aromatic carbocycles. The molecule has 0 saturated carbocycles. The largest absolute Gasteiger partial charge is 0.410 e. The topological polar surface area (TPSA) is 95.7 Å². The molecule has 4 N–H and O–H groups in total. The number of anilines is 1. The van der Waals surface area contributed by atoms with Crippen molar-refractivity contribution in [2.24, 2.45) is 5.92 Å². The van der Waals surface area contributed by atoms with E-state index < -0.39 is 0 Å². The Morgan fingerprint density at radius 2 is 2.12 bits per heavy atom. The minimum Gasteiger partial charge on any atom is -0.410 e. The van der Waals surface area contributed by atoms with Crippen LogP contribution >= 0.6 is 11.8 Å². The van der Waals surface area contributed by atoms with E-state index in [1.165, 1.54) is 11.8 Å². The van der Waals surface area contributed by atoms with E-state index in [9.17, 15) is 4.79 Å². The number of aryl methyl sites for hydroxylation is 1. The van der Waals surface area contributed by atoms with Crippen molar-refractivity contribution in [3.8, 4) is 0 Å². The minimum atomic E-state index is -0.0958. The first-order chi connectivity index (χ1) is 11.4. The van der Waals surface area contributed by atoms with E-state index in [2.05, 4.69) is 35.1 Å². The number of benzene rings is 1. The molecule has 1 heterocycles. The smallest absolute Gasteiger partial charge is 0.277 e. The minimum absolute atomic E-state index is 0.0272. The summed E-state index contributed by atoms with van der Waals surface area (Å²) in [7, 11) is 0. The van der Waals surface area contributed by atoms with Crippen LogP contribution in [-0.2, 0) is 4.79 Å². The number of nitrogens with one attached hydrogen (secondary N) is 1. The first-order valence-corrected chi connectivity index (χ1v) is 9.06. The van der Waals surface area contributed by atoms with Crippen LogP contribution < -0.4 is 11.1 Å². The molecule has 24 heavy (non-hydrogen) atoms. The molecule has 0 fully saturated rings. The zero-order valence-corrected chi connectivity index (χ0v) is 15.4. The predicted octanol–water partition coefficient (Wildman–Crippen LogP) is 2.75. The lowest BCUT2D eigenvalue weighted by Gasteiger charge is -2.10. The molecular weight excluding hydrogens is 324 g/mol. The van der Waals surface area contributed by atoms with Crippen LogP contribution in [0.3, 0.4) is 0 Å². The van der Waals surface area contributed by atoms with Crippen molar-refractivity contribution in [1.29, 1.82) is 0 Å². The Bertz CT molecular complexity index is 702. The summed E-state index contributed by atoms with van der Waals surface area (Å²) >= 11 is 1.24. The van der Waals surface area contributed by atoms with Crippen molar-refractivity contribution >= 4 is 23.4 Å². The van der Waals surface area contributed by atoms with Gasteiger partial charge in [0.1, 0.15) is 0 Å². The third kappa shape index (κ3) is 4.58. The van der Waals surface area contributed by atoms with E-state index >= 15 is 0 Å². The molecule has 2 aromatic rings. The molecule has 0 saturated heterocycles. The highest BCUT2D eigenvalue weighted by Gasteiger charge is 2.23. The van der Waals surface area contributed by atoms with Crippen molar-refractivity contribution in [3.05, 3.63) is 35.2 Å². The maximum atomic E-state index is 12.1. The van der Waals surface area contributed by atoms with Gasteiger partial charge in [-0.1, -0.05) is 37.7 Å². The number of carbonyl (C=O) groups excluding carboxylic acids is 1. The Balaban J connectivity index is 1.90. The first kappa shape index (κ1) is 18.5. The van der Waals surface area contributed by atoms with Gasteiger partial charge in [0.2, 0.25) is 5.91 Å². The maximum absolute atomic E-state index is 12.1. The molecule has 0 spiro atoms. The Morgan fingerprint density at radius 3 is 2.83 bits per heavy atom. The van der Waals surface area contributed by atoms with Gasteiger partial charge in [0.25, 0.3) is 11.1 Å². The predicted molar refractivity (Wildman–Crippen MR) is 94.7 cm³/mol. The number of rotatable bonds is 7. The lowest BCUT2D eigenvalue weighted by Crippen LogP contribution is -2.56. The monoisotopic (exact) mass is 349 g/mol. The number of thioether (sulfide) groups is 1. The fraction of sp³-hybridized carbons (Fsp3) is 0.471. The molecule has 7 heteroatoms. The van der Waals surface area contributed by atoms with Crippen LogP contribution in [0.4, 0.5) is 5.69 Å². The summed E-state index contributed by atoms with van der Waals surface area (Å²) in [6, 6.07) is 5.82. The summed E-state index contributed by atoms with van der Waals surface area (Å²) in [5.41, 5.74) is 7.13. The average Bonchev–Trinajstić information content (AvgIpc) is 3.04. The summed E-state index contributed by atoms with van der Waals surface area (Å²) in [5.74, 6) is 1.03. The van der Waals surface area contributed by atoms with E-state index in [4.69, 9.17) is 4.42 Å². The summed E-state index contributed by atoms with van der Waals surface area (Å²) in [5, 5.41) is 11.3. The van der Waals surface area contributed by atoms with E-state index in [1.54, 1.807) is 0 Å². The van der Waals surface area contributed by atoms with E-state index in [1.807, 2.05) is 32.0 Å². The molecule has 2 unspecified atom stereocenters. The van der Waals surface area contributed by atoms with Gasteiger partial charge in [0, 0.05) is 11.6 Å². The van der Waals surface area contributed by atoms with Gasteiger partial charge < -0.3 is 15.5 Å². The summed E-state index contributed by atoms with van der Waals surface area (Å²) in [6.07, 6.45) is 0.997. The van der Waals surface area contributed by atoms with Gasteiger partial charge >= 0.3 is 0 Å². The molecule has 0 aliphatic rings. The molecule has 0 aliphatic heterocycles. The van der Waals surface area contributed by atoms with Crippen LogP contribution in [0.15, 0.2) is 27.8 Å². The number of nitrogens with zero attached hydrogens (tertiary/aromatic N) is 2. The van der Waals surface area contributed by atoms with Crippen LogP contribution in [-0.4, -0.2) is 21.9 Å². The summed E-state index contributed by atoms with van der Waals surface area (Å²) in [6.45, 7) is 8.22. The van der Waals surface area contributed by atoms with Gasteiger partial charge in [0.15, 0.2) is 6.04 Å². The molecule has 1 aromatic heterocycles. The second-order valence-electron chi connectivity index (χ2n) is 5.98. The van der Waals surface area contributed by atoms with Crippen LogP contribution in [0.5, 0.6) is 0 Å². The van der Waals surface area contributed by atoms with Gasteiger partial charge in [-0.15, -0.1) is 10.2 Å². The number of hydrogen-bond acceptors (Lipinski definition) is 5. The zero-order valence-electron chi connectivity index (χ0n) is 14.6. The van der Waals surface area contributed by atoms with Crippen LogP contribution in [0.1, 0.15) is 43.3 Å². The Kier molecular flexibility index (Phi) is 6.39. The number of quaternary nitrogens is 1. The maximum Gasteiger partial charge on any atom is 0.277 e. The van der Waals surface area contributed by atoms with Gasteiger partial charge in [-0.3, -0.25) is 4.79 Å². The Hall–Kier alpha value is -1.86. The van der Waals surface area contributed by atoms with Gasteiger partial charge in [-0.25, -0.2) is 0 Å². The lowest BCUT2D eigenvalue weighted by atomic mass is 10.0. The standard InChI is InChI=1S/C17H24N4O2S/c1-5-10(2)15(18)16-20-21-17(23-16)24-9-14(22)19-13-8-6-7-11(3)12(13)4/h6-8,10,15H,5,9,18H2,1-4H3,(H,19,22)/p+1. The number of hydrogen-bond donors (Lipinski definition) is 2. The highest BCUT2D eigenvalue weighted by atomic mass is 32.2. The van der Waals surface area contributed by atoms with Gasteiger partial charge in [-0.05, 0) is 37.5 Å². The molecular formula is C17H25N4O2S+. The fourth-order valence-electron chi connectivity index (χ4n) is 2.16. The normalized spacial score (nSPS) is 13.5. The highest BCUT2D eigenvalue weighted by molar-refractivity contribution is 7.99. The van der Waals surface area contributed by atoms with E-state index in [-0.39, 0.29) is 17.7 Å². The van der Waals surface area contributed by atoms with Crippen molar-refractivity contribution in [3.63, 3.8) is 0 Å². The Labute approximate surface area is 146 Å². The molecule has 130 valence electrons. The Morgan fingerprint density at radius 1 is 1.38 bits per heavy atom. The number of carbonyl (C=O) groups is 1. The summed E-state index contributed by atoms with van der Waals surface area (Å²) < 4.78 is 5.61. The second-order valence-corrected chi connectivity index (χ2v) is 6.91. The van der Waals surface area contributed by atoms with Crippen molar-refractivity contribution in [2.75, 3.05) is 11.1 Å². The average molecular weight is 349 g/mol. The quantitative estimate of drug-likeness (QED) is 0.749. The molecule has 0 bridgehead atoms. The summed E-state index contributed by atoms with van der Waals surface area (Å²) in [4.78, 5) is 12.1. The van der Waals surface area contributed by atoms with Crippen LogP contribution in [0.25, 0.3) is 0 Å². The van der Waals surface area contributed by atoms with Crippen LogP contribution in [0, 0.1) is 19.8 Å². The SMILES string of the molecule is CCC(C)C([NH3+])c1nnc(SCC(=O)Nc2cccc(C)c2C)o1. The lowest BCUT2D eigenvalue weighted by molar-refractivity contribution is -0.444. The molecule has 2 rings (SSSR count). The highest BCUT2D eigenvalue weighted by Crippen LogP contribution is 2.23. The molecule has 2 atom stereocenters. The van der Waals surface area contributed by atoms with Crippen molar-refractivity contribution in [1.82, 2.24) is 10.2 Å². The molecule has 0 radical (unpaired) electrons. The third-order valence-electron chi connectivity index (χ3n) is 4.28. The van der Waals surface area contributed by atoms with Crippen LogP contribution in [0.2, 0.25) is 0 Å². The van der Waals surface area contributed by atoms with Gasteiger partial charge in [0.05, 0.1) is 5.75 Å². The number of aromatic nitrogens is 2. The third-order valence-corrected chi connectivity index (χ3v) is 5.09. The van der Waals surface area contributed by atoms with Crippen molar-refractivity contribution in [2.45, 2.75) is 45.4 Å². The molecule has 6 nitrogen and oxygen atoms in total. The fourth-order valence-corrected chi connectivity index (χ4v) is 2.73. The van der Waals surface area contributed by atoms with Gasteiger partial charge in [-0.2, -0.15) is 0 Å². The first-order valence-electron chi connectivity index (χ1n) is 8.07. The van der Waals surface area contributed by atoms with E-state index in [0.29, 0.717) is 17.0 Å².